The van der Waals surface area contributed by atoms with E-state index < -0.39 is 10.0 Å². The van der Waals surface area contributed by atoms with Gasteiger partial charge in [0.2, 0.25) is 10.0 Å². The van der Waals surface area contributed by atoms with Gasteiger partial charge in [0.05, 0.1) is 6.26 Å². The summed E-state index contributed by atoms with van der Waals surface area (Å²) in [5, 5.41) is 3.45. The largest absolute Gasteiger partial charge is 0.316 e. The number of fused-ring (bicyclic) bond motifs is 1. The molecule has 5 heteroatoms. The standard InChI is InChI=1S/C15H24N2O2S/c1-20(18,19)17-11-5-10-16-12-14-8-4-7-13-6-2-3-9-15(13)14/h2-3,6,9,14,16-17H,4-5,7-8,10-12H2,1H3. The molecule has 1 aliphatic carbocycles. The lowest BCUT2D eigenvalue weighted by atomic mass is 9.83. The molecule has 0 amide bonds. The molecule has 112 valence electrons. The first-order chi connectivity index (χ1) is 9.56. The molecule has 1 atom stereocenters. The van der Waals surface area contributed by atoms with E-state index in [2.05, 4.69) is 34.3 Å². The van der Waals surface area contributed by atoms with Gasteiger partial charge in [-0.2, -0.15) is 0 Å². The van der Waals surface area contributed by atoms with Crippen LogP contribution in [0, 0.1) is 0 Å². The predicted molar refractivity (Wildman–Crippen MR) is 82.5 cm³/mol. The lowest BCUT2D eigenvalue weighted by Crippen LogP contribution is -2.29. The molecule has 0 fully saturated rings. The van der Waals surface area contributed by atoms with Crippen molar-refractivity contribution in [3.05, 3.63) is 35.4 Å². The van der Waals surface area contributed by atoms with Crippen LogP contribution >= 0.6 is 0 Å². The normalized spacial score (nSPS) is 18.8. The van der Waals surface area contributed by atoms with Gasteiger partial charge in [0, 0.05) is 13.1 Å². The van der Waals surface area contributed by atoms with E-state index in [1.165, 1.54) is 36.6 Å². The fraction of sp³-hybridized carbons (Fsp3) is 0.600. The molecule has 1 aromatic carbocycles. The first-order valence-electron chi connectivity index (χ1n) is 7.29. The smallest absolute Gasteiger partial charge is 0.208 e. The molecule has 0 saturated heterocycles. The Morgan fingerprint density at radius 1 is 1.25 bits per heavy atom. The van der Waals surface area contributed by atoms with E-state index in [0.717, 1.165) is 19.5 Å². The number of hydrogen-bond acceptors (Lipinski definition) is 3. The van der Waals surface area contributed by atoms with Crippen LogP contribution in [-0.2, 0) is 16.4 Å². The van der Waals surface area contributed by atoms with Gasteiger partial charge in [0.1, 0.15) is 0 Å². The Kier molecular flexibility index (Phi) is 5.57. The maximum absolute atomic E-state index is 10.9. The van der Waals surface area contributed by atoms with Gasteiger partial charge in [-0.05, 0) is 49.3 Å². The van der Waals surface area contributed by atoms with Gasteiger partial charge in [-0.15, -0.1) is 0 Å². The lowest BCUT2D eigenvalue weighted by Gasteiger charge is -2.25. The molecular formula is C15H24N2O2S. The Labute approximate surface area is 122 Å². The zero-order chi connectivity index (χ0) is 14.4. The van der Waals surface area contributed by atoms with E-state index in [9.17, 15) is 8.42 Å². The van der Waals surface area contributed by atoms with E-state index in [4.69, 9.17) is 0 Å². The van der Waals surface area contributed by atoms with Crippen molar-refractivity contribution in [2.75, 3.05) is 25.9 Å². The van der Waals surface area contributed by atoms with E-state index in [1.54, 1.807) is 0 Å². The van der Waals surface area contributed by atoms with Crippen molar-refractivity contribution in [3.8, 4) is 0 Å². The quantitative estimate of drug-likeness (QED) is 0.752. The number of benzene rings is 1. The molecule has 0 heterocycles. The first-order valence-corrected chi connectivity index (χ1v) is 9.18. The van der Waals surface area contributed by atoms with Gasteiger partial charge in [-0.25, -0.2) is 13.1 Å². The molecule has 2 rings (SSSR count). The number of nitrogens with one attached hydrogen (secondary N) is 2. The highest BCUT2D eigenvalue weighted by atomic mass is 32.2. The molecule has 0 aromatic heterocycles. The third kappa shape index (κ3) is 4.89. The van der Waals surface area contributed by atoms with Crippen LogP contribution in [0.15, 0.2) is 24.3 Å². The molecule has 1 aromatic rings. The van der Waals surface area contributed by atoms with Crippen LogP contribution in [0.2, 0.25) is 0 Å². The molecule has 1 aliphatic rings. The minimum absolute atomic E-state index is 0.507. The van der Waals surface area contributed by atoms with Crippen molar-refractivity contribution in [2.45, 2.75) is 31.6 Å². The van der Waals surface area contributed by atoms with E-state index in [1.807, 2.05) is 0 Å². The fourth-order valence-electron chi connectivity index (χ4n) is 2.81. The van der Waals surface area contributed by atoms with Crippen molar-refractivity contribution in [2.24, 2.45) is 0 Å². The Morgan fingerprint density at radius 2 is 2.05 bits per heavy atom. The summed E-state index contributed by atoms with van der Waals surface area (Å²) in [5.74, 6) is 0.600. The third-order valence-electron chi connectivity index (χ3n) is 3.78. The highest BCUT2D eigenvalue weighted by Crippen LogP contribution is 2.30. The van der Waals surface area contributed by atoms with E-state index >= 15 is 0 Å². The van der Waals surface area contributed by atoms with Crippen molar-refractivity contribution in [1.82, 2.24) is 10.0 Å². The fourth-order valence-corrected chi connectivity index (χ4v) is 3.33. The van der Waals surface area contributed by atoms with Crippen LogP contribution in [0.3, 0.4) is 0 Å². The van der Waals surface area contributed by atoms with E-state index in [-0.39, 0.29) is 0 Å². The molecule has 0 aliphatic heterocycles. The minimum Gasteiger partial charge on any atom is -0.316 e. The van der Waals surface area contributed by atoms with Gasteiger partial charge in [0.15, 0.2) is 0 Å². The van der Waals surface area contributed by atoms with Crippen molar-refractivity contribution >= 4 is 10.0 Å². The van der Waals surface area contributed by atoms with Crippen molar-refractivity contribution in [1.29, 1.82) is 0 Å². The number of rotatable bonds is 7. The first kappa shape index (κ1) is 15.5. The second-order valence-electron chi connectivity index (χ2n) is 5.51. The van der Waals surface area contributed by atoms with E-state index in [0.29, 0.717) is 12.5 Å². The SMILES string of the molecule is CS(=O)(=O)NCCCNCC1CCCc2ccccc21. The number of sulfonamides is 1. The summed E-state index contributed by atoms with van der Waals surface area (Å²) in [6.45, 7) is 2.34. The molecule has 0 bridgehead atoms. The molecular weight excluding hydrogens is 272 g/mol. The molecule has 1 unspecified atom stereocenters. The zero-order valence-corrected chi connectivity index (χ0v) is 12.9. The Morgan fingerprint density at radius 3 is 2.85 bits per heavy atom. The van der Waals surface area contributed by atoms with Gasteiger partial charge < -0.3 is 5.32 Å². The summed E-state index contributed by atoms with van der Waals surface area (Å²) in [5.41, 5.74) is 2.98. The van der Waals surface area contributed by atoms with Gasteiger partial charge in [-0.3, -0.25) is 0 Å². The molecule has 0 spiro atoms. The molecule has 0 saturated carbocycles. The molecule has 4 nitrogen and oxygen atoms in total. The summed E-state index contributed by atoms with van der Waals surface area (Å²) in [6.07, 6.45) is 5.72. The monoisotopic (exact) mass is 296 g/mol. The second kappa shape index (κ2) is 7.20. The van der Waals surface area contributed by atoms with Gasteiger partial charge in [0.25, 0.3) is 0 Å². The van der Waals surface area contributed by atoms with Crippen LogP contribution in [0.25, 0.3) is 0 Å². The average molecular weight is 296 g/mol. The molecule has 20 heavy (non-hydrogen) atoms. The topological polar surface area (TPSA) is 58.2 Å². The van der Waals surface area contributed by atoms with Gasteiger partial charge in [-0.1, -0.05) is 24.3 Å². The average Bonchev–Trinajstić information content (AvgIpc) is 2.41. The number of hydrogen-bond donors (Lipinski definition) is 2. The zero-order valence-electron chi connectivity index (χ0n) is 12.1. The summed E-state index contributed by atoms with van der Waals surface area (Å²) in [6, 6.07) is 8.71. The van der Waals surface area contributed by atoms with Crippen LogP contribution in [0.1, 0.15) is 36.3 Å². The minimum atomic E-state index is -3.05. The maximum atomic E-state index is 10.9. The third-order valence-corrected chi connectivity index (χ3v) is 4.51. The summed E-state index contributed by atoms with van der Waals surface area (Å²) >= 11 is 0. The molecule has 2 N–H and O–H groups in total. The Bertz CT molecular complexity index is 528. The van der Waals surface area contributed by atoms with Crippen molar-refractivity contribution in [3.63, 3.8) is 0 Å². The second-order valence-corrected chi connectivity index (χ2v) is 7.35. The Balaban J connectivity index is 1.70. The van der Waals surface area contributed by atoms with Crippen LogP contribution in [-0.4, -0.2) is 34.3 Å². The highest BCUT2D eigenvalue weighted by Gasteiger charge is 2.18. The van der Waals surface area contributed by atoms with Crippen molar-refractivity contribution < 1.29 is 8.42 Å². The summed E-state index contributed by atoms with van der Waals surface area (Å²) in [4.78, 5) is 0. The van der Waals surface area contributed by atoms with Crippen LogP contribution < -0.4 is 10.0 Å². The highest BCUT2D eigenvalue weighted by molar-refractivity contribution is 7.88. The van der Waals surface area contributed by atoms with Crippen LogP contribution in [0.4, 0.5) is 0 Å². The summed E-state index contributed by atoms with van der Waals surface area (Å²) in [7, 11) is -3.05. The lowest BCUT2D eigenvalue weighted by molar-refractivity contribution is 0.502. The van der Waals surface area contributed by atoms with Crippen LogP contribution in [0.5, 0.6) is 0 Å². The maximum Gasteiger partial charge on any atom is 0.208 e. The predicted octanol–water partition coefficient (Wildman–Crippen LogP) is 1.64. The molecule has 0 radical (unpaired) electrons. The number of aryl methyl sites for hydroxylation is 1. The van der Waals surface area contributed by atoms with Gasteiger partial charge >= 0.3 is 0 Å². The summed E-state index contributed by atoms with van der Waals surface area (Å²) < 4.78 is 24.3. The Hall–Kier alpha value is -0.910.